The van der Waals surface area contributed by atoms with Gasteiger partial charge in [-0.1, -0.05) is 6.92 Å². The molecular formula is C23H23F3N2O2. The number of carbonyl (C=O) groups excluding carboxylic acids is 1. The molecule has 1 heterocycles. The zero-order valence-electron chi connectivity index (χ0n) is 16.6. The van der Waals surface area contributed by atoms with Crippen molar-refractivity contribution in [3.05, 3.63) is 59.9 Å². The number of aromatic nitrogens is 1. The molecule has 7 heteroatoms. The molecule has 158 valence electrons. The Balaban J connectivity index is 0.000000158. The van der Waals surface area contributed by atoms with E-state index < -0.39 is 11.6 Å². The lowest BCUT2D eigenvalue weighted by molar-refractivity contribution is 0.0231. The van der Waals surface area contributed by atoms with Gasteiger partial charge in [0.15, 0.2) is 0 Å². The highest BCUT2D eigenvalue weighted by Crippen LogP contribution is 2.29. The number of H-pyrrole nitrogens is 1. The van der Waals surface area contributed by atoms with Crippen molar-refractivity contribution in [3.8, 4) is 11.3 Å². The lowest BCUT2D eigenvalue weighted by Gasteiger charge is -2.31. The minimum Gasteiger partial charge on any atom is -0.446 e. The van der Waals surface area contributed by atoms with Crippen LogP contribution in [0.5, 0.6) is 0 Å². The van der Waals surface area contributed by atoms with E-state index in [4.69, 9.17) is 4.74 Å². The molecule has 3 aromatic rings. The van der Waals surface area contributed by atoms with Crippen LogP contribution < -0.4 is 5.32 Å². The van der Waals surface area contributed by atoms with Gasteiger partial charge in [0.05, 0.1) is 5.52 Å². The van der Waals surface area contributed by atoms with Crippen molar-refractivity contribution in [1.82, 2.24) is 10.3 Å². The molecule has 2 N–H and O–H groups in total. The van der Waals surface area contributed by atoms with Crippen molar-refractivity contribution in [1.29, 1.82) is 0 Å². The number of halogens is 3. The molecule has 0 bridgehead atoms. The molecule has 0 saturated heterocycles. The van der Waals surface area contributed by atoms with Crippen LogP contribution in [0.4, 0.5) is 18.0 Å². The minimum absolute atomic E-state index is 0.193. The Labute approximate surface area is 172 Å². The summed E-state index contributed by atoms with van der Waals surface area (Å²) in [5.74, 6) is -0.862. The number of fused-ring (bicyclic) bond motifs is 1. The van der Waals surface area contributed by atoms with Crippen LogP contribution >= 0.6 is 0 Å². The summed E-state index contributed by atoms with van der Waals surface area (Å²) in [5.41, 5.74) is 1.58. The second kappa shape index (κ2) is 8.42. The predicted octanol–water partition coefficient (Wildman–Crippen LogP) is 5.93. The van der Waals surface area contributed by atoms with Crippen LogP contribution in [0.2, 0.25) is 0 Å². The number of alkyl carbamates (subject to hydrolysis) is 1. The summed E-state index contributed by atoms with van der Waals surface area (Å²) in [6, 6.07) is 9.91. The van der Waals surface area contributed by atoms with E-state index in [9.17, 15) is 18.0 Å². The Morgan fingerprint density at radius 3 is 2.37 bits per heavy atom. The van der Waals surface area contributed by atoms with Crippen LogP contribution in [0.3, 0.4) is 0 Å². The lowest BCUT2D eigenvalue weighted by atomic mass is 9.84. The number of amides is 1. The zero-order valence-corrected chi connectivity index (χ0v) is 16.6. The third-order valence-corrected chi connectivity index (χ3v) is 5.30. The van der Waals surface area contributed by atoms with E-state index in [1.807, 2.05) is 0 Å². The molecule has 2 saturated carbocycles. The van der Waals surface area contributed by atoms with Crippen LogP contribution in [-0.2, 0) is 4.74 Å². The van der Waals surface area contributed by atoms with Gasteiger partial charge in [-0.3, -0.25) is 0 Å². The van der Waals surface area contributed by atoms with Crippen molar-refractivity contribution < 1.29 is 22.7 Å². The van der Waals surface area contributed by atoms with Crippen LogP contribution in [0.1, 0.15) is 32.6 Å². The zero-order chi connectivity index (χ0) is 21.3. The van der Waals surface area contributed by atoms with E-state index in [0.29, 0.717) is 22.7 Å². The number of benzene rings is 2. The van der Waals surface area contributed by atoms with E-state index in [2.05, 4.69) is 17.2 Å². The number of rotatable bonds is 3. The highest BCUT2D eigenvalue weighted by atomic mass is 19.1. The molecule has 0 aliphatic heterocycles. The second-order valence-corrected chi connectivity index (χ2v) is 8.06. The van der Waals surface area contributed by atoms with Crippen LogP contribution in [0.25, 0.3) is 22.2 Å². The molecule has 2 fully saturated rings. The highest BCUT2D eigenvalue weighted by Gasteiger charge is 2.30. The summed E-state index contributed by atoms with van der Waals surface area (Å²) in [4.78, 5) is 13.9. The molecule has 30 heavy (non-hydrogen) atoms. The topological polar surface area (TPSA) is 54.1 Å². The Bertz CT molecular complexity index is 1040. The molecule has 4 nitrogen and oxygen atoms in total. The molecule has 5 rings (SSSR count). The van der Waals surface area contributed by atoms with Gasteiger partial charge >= 0.3 is 6.09 Å². The maximum Gasteiger partial charge on any atom is 0.407 e. The van der Waals surface area contributed by atoms with E-state index >= 15 is 0 Å². The van der Waals surface area contributed by atoms with Gasteiger partial charge in [-0.05, 0) is 73.6 Å². The van der Waals surface area contributed by atoms with Gasteiger partial charge < -0.3 is 15.0 Å². The van der Waals surface area contributed by atoms with Gasteiger partial charge in [-0.25, -0.2) is 18.0 Å². The first-order chi connectivity index (χ1) is 14.4. The maximum atomic E-state index is 13.5. The quantitative estimate of drug-likeness (QED) is 0.556. The maximum absolute atomic E-state index is 13.5. The first kappa shape index (κ1) is 20.3. The average molecular weight is 416 g/mol. The van der Waals surface area contributed by atoms with Gasteiger partial charge in [0.25, 0.3) is 0 Å². The SMILES string of the molecule is CC1CC(OC(=O)NC2CC2)C1.Fc1ccc(-c2cc3cc(F)cc(F)c3[nH]2)cc1. The third-order valence-electron chi connectivity index (χ3n) is 5.30. The van der Waals surface area contributed by atoms with Crippen LogP contribution in [0.15, 0.2) is 42.5 Å². The molecule has 1 amide bonds. The molecule has 2 aliphatic rings. The van der Waals surface area contributed by atoms with Crippen LogP contribution in [-0.4, -0.2) is 23.2 Å². The summed E-state index contributed by atoms with van der Waals surface area (Å²) in [6.07, 6.45) is 4.30. The first-order valence-electron chi connectivity index (χ1n) is 10.1. The number of carbonyl (C=O) groups is 1. The first-order valence-corrected chi connectivity index (χ1v) is 10.1. The molecule has 0 atom stereocenters. The summed E-state index contributed by atoms with van der Waals surface area (Å²) in [7, 11) is 0. The highest BCUT2D eigenvalue weighted by molar-refractivity contribution is 5.86. The standard InChI is InChI=1S/C14H8F3N.C9H15NO2/c15-10-3-1-8(2-4-10)13-6-9-5-11(16)7-12(17)14(9)18-13;1-6-4-8(5-6)12-9(11)10-7-2-3-7/h1-7,18H;6-8H,2-5H2,1H3,(H,10,11). The number of ether oxygens (including phenoxy) is 1. The van der Waals surface area contributed by atoms with E-state index in [1.165, 1.54) is 18.2 Å². The fourth-order valence-electron chi connectivity index (χ4n) is 3.45. The Kier molecular flexibility index (Phi) is 5.70. The number of nitrogens with one attached hydrogen (secondary N) is 2. The second-order valence-electron chi connectivity index (χ2n) is 8.06. The molecule has 0 spiro atoms. The van der Waals surface area contributed by atoms with Gasteiger partial charge in [0.1, 0.15) is 23.6 Å². The molecular weight excluding hydrogens is 393 g/mol. The van der Waals surface area contributed by atoms with Crippen LogP contribution in [0, 0.1) is 23.4 Å². The lowest BCUT2D eigenvalue weighted by Crippen LogP contribution is -2.36. The van der Waals surface area contributed by atoms with Crippen molar-refractivity contribution in [2.45, 2.75) is 44.8 Å². The van der Waals surface area contributed by atoms with Crippen molar-refractivity contribution in [2.75, 3.05) is 0 Å². The molecule has 0 unspecified atom stereocenters. The number of hydrogen-bond acceptors (Lipinski definition) is 2. The largest absolute Gasteiger partial charge is 0.446 e. The fourth-order valence-corrected chi connectivity index (χ4v) is 3.45. The average Bonchev–Trinajstić information content (AvgIpc) is 3.37. The van der Waals surface area contributed by atoms with Crippen molar-refractivity contribution >= 4 is 17.0 Å². The Morgan fingerprint density at radius 2 is 1.73 bits per heavy atom. The van der Waals surface area contributed by atoms with E-state index in [0.717, 1.165) is 37.7 Å². The van der Waals surface area contributed by atoms with E-state index in [-0.39, 0.29) is 23.5 Å². The molecule has 0 radical (unpaired) electrons. The van der Waals surface area contributed by atoms with Crippen molar-refractivity contribution in [2.24, 2.45) is 5.92 Å². The summed E-state index contributed by atoms with van der Waals surface area (Å²) < 4.78 is 44.5. The van der Waals surface area contributed by atoms with E-state index in [1.54, 1.807) is 18.2 Å². The van der Waals surface area contributed by atoms with Gasteiger partial charge in [-0.15, -0.1) is 0 Å². The monoisotopic (exact) mass is 416 g/mol. The summed E-state index contributed by atoms with van der Waals surface area (Å²) in [5, 5.41) is 3.26. The molecule has 1 aromatic heterocycles. The summed E-state index contributed by atoms with van der Waals surface area (Å²) >= 11 is 0. The fraction of sp³-hybridized carbons (Fsp3) is 0.348. The third kappa shape index (κ3) is 4.96. The minimum atomic E-state index is -0.640. The number of aromatic amines is 1. The predicted molar refractivity (Wildman–Crippen MR) is 108 cm³/mol. The van der Waals surface area contributed by atoms with Gasteiger partial charge in [0, 0.05) is 23.2 Å². The normalized spacial score (nSPS) is 20.1. The van der Waals surface area contributed by atoms with Gasteiger partial charge in [0.2, 0.25) is 0 Å². The Morgan fingerprint density at radius 1 is 1.03 bits per heavy atom. The smallest absolute Gasteiger partial charge is 0.407 e. The Hall–Kier alpha value is -2.96. The molecule has 2 aromatic carbocycles. The van der Waals surface area contributed by atoms with Gasteiger partial charge in [-0.2, -0.15) is 0 Å². The molecule has 2 aliphatic carbocycles. The summed E-state index contributed by atoms with van der Waals surface area (Å²) in [6.45, 7) is 2.18. The number of hydrogen-bond donors (Lipinski definition) is 2. The van der Waals surface area contributed by atoms with Crippen molar-refractivity contribution in [3.63, 3.8) is 0 Å².